The average molecular weight is 225 g/mol. The molecule has 0 aromatic carbocycles. The number of nitrogens with two attached hydrogens (primary N) is 1. The highest BCUT2D eigenvalue weighted by molar-refractivity contribution is 7.09. The van der Waals surface area contributed by atoms with Gasteiger partial charge in [0.2, 0.25) is 0 Å². The SMILES string of the molecule is CC1CCCCN1Cc1nc(CN)cs1. The van der Waals surface area contributed by atoms with Crippen molar-refractivity contribution in [1.82, 2.24) is 9.88 Å². The van der Waals surface area contributed by atoms with Gasteiger partial charge in [-0.3, -0.25) is 4.90 Å². The Morgan fingerprint density at radius 3 is 3.13 bits per heavy atom. The van der Waals surface area contributed by atoms with E-state index in [2.05, 4.69) is 22.2 Å². The van der Waals surface area contributed by atoms with E-state index in [9.17, 15) is 0 Å². The molecule has 1 aromatic heterocycles. The summed E-state index contributed by atoms with van der Waals surface area (Å²) in [6, 6.07) is 0.712. The van der Waals surface area contributed by atoms with Crippen LogP contribution >= 0.6 is 11.3 Å². The lowest BCUT2D eigenvalue weighted by atomic mass is 10.0. The maximum Gasteiger partial charge on any atom is 0.107 e. The van der Waals surface area contributed by atoms with Gasteiger partial charge in [0.25, 0.3) is 0 Å². The summed E-state index contributed by atoms with van der Waals surface area (Å²) >= 11 is 1.74. The lowest BCUT2D eigenvalue weighted by molar-refractivity contribution is 0.152. The van der Waals surface area contributed by atoms with Crippen LogP contribution in [0, 0.1) is 0 Å². The van der Waals surface area contributed by atoms with Gasteiger partial charge in [-0.05, 0) is 26.3 Å². The third kappa shape index (κ3) is 2.77. The van der Waals surface area contributed by atoms with Gasteiger partial charge in [-0.25, -0.2) is 4.98 Å². The smallest absolute Gasteiger partial charge is 0.107 e. The fourth-order valence-electron chi connectivity index (χ4n) is 2.08. The van der Waals surface area contributed by atoms with Crippen molar-refractivity contribution in [3.8, 4) is 0 Å². The van der Waals surface area contributed by atoms with Crippen LogP contribution in [-0.4, -0.2) is 22.5 Å². The van der Waals surface area contributed by atoms with Crippen molar-refractivity contribution in [1.29, 1.82) is 0 Å². The van der Waals surface area contributed by atoms with Crippen molar-refractivity contribution in [2.45, 2.75) is 45.3 Å². The predicted molar refractivity (Wildman–Crippen MR) is 63.7 cm³/mol. The fraction of sp³-hybridized carbons (Fsp3) is 0.727. The molecule has 15 heavy (non-hydrogen) atoms. The third-order valence-electron chi connectivity index (χ3n) is 3.09. The quantitative estimate of drug-likeness (QED) is 0.855. The molecule has 1 unspecified atom stereocenters. The average Bonchev–Trinajstić information content (AvgIpc) is 2.69. The summed E-state index contributed by atoms with van der Waals surface area (Å²) in [5.74, 6) is 0. The lowest BCUT2D eigenvalue weighted by Gasteiger charge is -2.32. The van der Waals surface area contributed by atoms with Crippen LogP contribution < -0.4 is 5.73 Å². The highest BCUT2D eigenvalue weighted by atomic mass is 32.1. The Morgan fingerprint density at radius 1 is 1.60 bits per heavy atom. The van der Waals surface area contributed by atoms with Crippen molar-refractivity contribution in [2.24, 2.45) is 5.73 Å². The van der Waals surface area contributed by atoms with E-state index in [-0.39, 0.29) is 0 Å². The Bertz CT molecular complexity index is 311. The first kappa shape index (κ1) is 11.0. The van der Waals surface area contributed by atoms with Gasteiger partial charge in [0.15, 0.2) is 0 Å². The molecule has 1 aromatic rings. The predicted octanol–water partition coefficient (Wildman–Crippen LogP) is 1.98. The number of aromatic nitrogens is 1. The van der Waals surface area contributed by atoms with Crippen molar-refractivity contribution in [3.63, 3.8) is 0 Å². The normalized spacial score (nSPS) is 23.2. The minimum atomic E-state index is 0.562. The minimum Gasteiger partial charge on any atom is -0.325 e. The number of hydrogen-bond acceptors (Lipinski definition) is 4. The third-order valence-corrected chi connectivity index (χ3v) is 3.97. The minimum absolute atomic E-state index is 0.562. The van der Waals surface area contributed by atoms with Gasteiger partial charge in [0, 0.05) is 18.0 Å². The topological polar surface area (TPSA) is 42.2 Å². The van der Waals surface area contributed by atoms with Crippen LogP contribution in [-0.2, 0) is 13.1 Å². The second-order valence-electron chi connectivity index (χ2n) is 4.25. The van der Waals surface area contributed by atoms with Crippen molar-refractivity contribution < 1.29 is 0 Å². The number of piperidine rings is 1. The number of thiazole rings is 1. The Kier molecular flexibility index (Phi) is 3.72. The molecule has 1 saturated heterocycles. The molecule has 2 heterocycles. The zero-order valence-electron chi connectivity index (χ0n) is 9.28. The van der Waals surface area contributed by atoms with E-state index >= 15 is 0 Å². The lowest BCUT2D eigenvalue weighted by Crippen LogP contribution is -2.36. The Hall–Kier alpha value is -0.450. The first-order chi connectivity index (χ1) is 7.29. The van der Waals surface area contributed by atoms with Gasteiger partial charge < -0.3 is 5.73 Å². The highest BCUT2D eigenvalue weighted by Gasteiger charge is 2.19. The summed E-state index contributed by atoms with van der Waals surface area (Å²) < 4.78 is 0. The molecule has 0 amide bonds. The van der Waals surface area contributed by atoms with Crippen LogP contribution in [0.2, 0.25) is 0 Å². The van der Waals surface area contributed by atoms with E-state index in [4.69, 9.17) is 5.73 Å². The van der Waals surface area contributed by atoms with Gasteiger partial charge in [-0.15, -0.1) is 11.3 Å². The number of hydrogen-bond donors (Lipinski definition) is 1. The molecule has 2 rings (SSSR count). The van der Waals surface area contributed by atoms with Gasteiger partial charge in [-0.2, -0.15) is 0 Å². The van der Waals surface area contributed by atoms with Crippen LogP contribution in [0.4, 0.5) is 0 Å². The molecule has 0 bridgehead atoms. The van der Waals surface area contributed by atoms with Crippen molar-refractivity contribution in [2.75, 3.05) is 6.54 Å². The van der Waals surface area contributed by atoms with Crippen LogP contribution in [0.3, 0.4) is 0 Å². The van der Waals surface area contributed by atoms with Gasteiger partial charge >= 0.3 is 0 Å². The number of rotatable bonds is 3. The standard InChI is InChI=1S/C11H19N3S/c1-9-4-2-3-5-14(9)7-11-13-10(6-12)8-15-11/h8-9H,2-7,12H2,1H3. The second-order valence-corrected chi connectivity index (χ2v) is 5.19. The molecule has 0 saturated carbocycles. The van der Waals surface area contributed by atoms with Crippen molar-refractivity contribution in [3.05, 3.63) is 16.1 Å². The molecule has 0 spiro atoms. The molecule has 0 aliphatic carbocycles. The molecule has 1 aliphatic heterocycles. The van der Waals surface area contributed by atoms with Crippen LogP contribution in [0.15, 0.2) is 5.38 Å². The molecule has 1 fully saturated rings. The first-order valence-electron chi connectivity index (χ1n) is 5.67. The highest BCUT2D eigenvalue weighted by Crippen LogP contribution is 2.20. The Balaban J connectivity index is 1.95. The number of nitrogens with zero attached hydrogens (tertiary/aromatic N) is 2. The van der Waals surface area contributed by atoms with Crippen LogP contribution in [0.5, 0.6) is 0 Å². The van der Waals surface area contributed by atoms with Crippen LogP contribution in [0.25, 0.3) is 0 Å². The molecule has 1 atom stereocenters. The number of likely N-dealkylation sites (tertiary alicyclic amines) is 1. The van der Waals surface area contributed by atoms with E-state index in [1.807, 2.05) is 0 Å². The Morgan fingerprint density at radius 2 is 2.47 bits per heavy atom. The molecule has 1 aliphatic rings. The van der Waals surface area contributed by atoms with Gasteiger partial charge in [-0.1, -0.05) is 6.42 Å². The maximum absolute atomic E-state index is 5.55. The van der Waals surface area contributed by atoms with E-state index in [0.29, 0.717) is 12.6 Å². The summed E-state index contributed by atoms with van der Waals surface area (Å²) in [5.41, 5.74) is 6.58. The molecule has 2 N–H and O–H groups in total. The molecule has 3 nitrogen and oxygen atoms in total. The molecular weight excluding hydrogens is 206 g/mol. The van der Waals surface area contributed by atoms with Gasteiger partial charge in [0.1, 0.15) is 5.01 Å². The largest absolute Gasteiger partial charge is 0.325 e. The maximum atomic E-state index is 5.55. The zero-order valence-corrected chi connectivity index (χ0v) is 10.1. The zero-order chi connectivity index (χ0) is 10.7. The van der Waals surface area contributed by atoms with Crippen molar-refractivity contribution >= 4 is 11.3 Å². The monoisotopic (exact) mass is 225 g/mol. The summed E-state index contributed by atoms with van der Waals surface area (Å²) in [6.07, 6.45) is 4.04. The first-order valence-corrected chi connectivity index (χ1v) is 6.55. The fourth-order valence-corrected chi connectivity index (χ4v) is 2.91. The summed E-state index contributed by atoms with van der Waals surface area (Å²) in [5, 5.41) is 3.29. The van der Waals surface area contributed by atoms with Crippen LogP contribution in [0.1, 0.15) is 36.9 Å². The summed E-state index contributed by atoms with van der Waals surface area (Å²) in [7, 11) is 0. The molecule has 4 heteroatoms. The molecule has 0 radical (unpaired) electrons. The molecule has 84 valence electrons. The summed E-state index contributed by atoms with van der Waals surface area (Å²) in [4.78, 5) is 7.04. The Labute approximate surface area is 95.3 Å². The van der Waals surface area contributed by atoms with E-state index in [1.54, 1.807) is 11.3 Å². The van der Waals surface area contributed by atoms with E-state index in [0.717, 1.165) is 12.2 Å². The van der Waals surface area contributed by atoms with E-state index < -0.39 is 0 Å². The second kappa shape index (κ2) is 5.05. The molecular formula is C11H19N3S. The van der Waals surface area contributed by atoms with E-state index in [1.165, 1.54) is 30.8 Å². The van der Waals surface area contributed by atoms with Gasteiger partial charge in [0.05, 0.1) is 12.2 Å². The summed E-state index contributed by atoms with van der Waals surface area (Å²) in [6.45, 7) is 5.10.